The number of oxazole rings is 1. The number of rotatable bonds is 7. The Morgan fingerprint density at radius 2 is 2.17 bits per heavy atom. The van der Waals surface area contributed by atoms with Crippen LogP contribution in [0, 0.1) is 0 Å². The maximum atomic E-state index is 12.8. The Hall–Kier alpha value is -3.09. The molecule has 0 bridgehead atoms. The second-order valence-corrected chi connectivity index (χ2v) is 7.66. The topological polar surface area (TPSA) is 73.4 Å². The van der Waals surface area contributed by atoms with Gasteiger partial charge in [0.1, 0.15) is 23.9 Å². The Morgan fingerprint density at radius 3 is 3.00 bits per heavy atom. The van der Waals surface area contributed by atoms with Crippen molar-refractivity contribution < 1.29 is 13.9 Å². The molecule has 0 radical (unpaired) electrons. The number of hydrogen-bond acceptors (Lipinski definition) is 5. The number of methoxy groups -OCH3 is 1. The molecule has 30 heavy (non-hydrogen) atoms. The highest BCUT2D eigenvalue weighted by molar-refractivity contribution is 5.76. The number of carbonyl (C=O) groups is 1. The van der Waals surface area contributed by atoms with Gasteiger partial charge in [-0.2, -0.15) is 0 Å². The van der Waals surface area contributed by atoms with Crippen LogP contribution in [0.25, 0.3) is 0 Å². The van der Waals surface area contributed by atoms with Crippen LogP contribution >= 0.6 is 0 Å². The van der Waals surface area contributed by atoms with Crippen LogP contribution in [0.4, 0.5) is 0 Å². The van der Waals surface area contributed by atoms with Gasteiger partial charge >= 0.3 is 0 Å². The summed E-state index contributed by atoms with van der Waals surface area (Å²) in [4.78, 5) is 23.6. The van der Waals surface area contributed by atoms with E-state index in [0.717, 1.165) is 48.7 Å². The molecule has 3 heterocycles. The van der Waals surface area contributed by atoms with Crippen molar-refractivity contribution in [2.75, 3.05) is 20.2 Å². The van der Waals surface area contributed by atoms with Gasteiger partial charge in [-0.25, -0.2) is 9.97 Å². The lowest BCUT2D eigenvalue weighted by atomic mass is 9.98. The van der Waals surface area contributed by atoms with Crippen LogP contribution in [0.2, 0.25) is 0 Å². The normalized spacial score (nSPS) is 16.6. The Bertz CT molecular complexity index is 994. The van der Waals surface area contributed by atoms with Crippen molar-refractivity contribution in [1.29, 1.82) is 0 Å². The third kappa shape index (κ3) is 4.40. The fourth-order valence-electron chi connectivity index (χ4n) is 4.08. The lowest BCUT2D eigenvalue weighted by Gasteiger charge is -2.31. The molecular weight excluding hydrogens is 380 g/mol. The van der Waals surface area contributed by atoms with Crippen molar-refractivity contribution in [3.63, 3.8) is 0 Å². The number of carbonyl (C=O) groups excluding carboxylic acids is 1. The van der Waals surface area contributed by atoms with E-state index in [4.69, 9.17) is 9.15 Å². The van der Waals surface area contributed by atoms with E-state index in [0.29, 0.717) is 25.4 Å². The highest BCUT2D eigenvalue weighted by Gasteiger charge is 2.28. The van der Waals surface area contributed by atoms with E-state index in [2.05, 4.69) is 9.97 Å². The zero-order valence-electron chi connectivity index (χ0n) is 17.6. The fraction of sp³-hybridized carbons (Fsp3) is 0.435. The van der Waals surface area contributed by atoms with E-state index in [9.17, 15) is 4.79 Å². The molecule has 1 fully saturated rings. The second kappa shape index (κ2) is 9.15. The van der Waals surface area contributed by atoms with Crippen molar-refractivity contribution >= 4 is 5.91 Å². The van der Waals surface area contributed by atoms with Crippen LogP contribution in [0.5, 0.6) is 5.75 Å². The lowest BCUT2D eigenvalue weighted by molar-refractivity contribution is -0.133. The predicted molar refractivity (Wildman–Crippen MR) is 112 cm³/mol. The van der Waals surface area contributed by atoms with Gasteiger partial charge < -0.3 is 18.6 Å². The zero-order valence-corrected chi connectivity index (χ0v) is 17.6. The maximum Gasteiger partial charge on any atom is 0.242 e. The van der Waals surface area contributed by atoms with E-state index in [1.54, 1.807) is 19.5 Å². The van der Waals surface area contributed by atoms with Crippen LogP contribution in [0.3, 0.4) is 0 Å². The summed E-state index contributed by atoms with van der Waals surface area (Å²) in [5.74, 6) is 3.55. The van der Waals surface area contributed by atoms with Gasteiger partial charge in [0.25, 0.3) is 0 Å². The third-order valence-electron chi connectivity index (χ3n) is 5.68. The zero-order chi connectivity index (χ0) is 20.9. The first-order valence-electron chi connectivity index (χ1n) is 10.5. The molecule has 0 unspecified atom stereocenters. The quantitative estimate of drug-likeness (QED) is 0.599. The third-order valence-corrected chi connectivity index (χ3v) is 5.68. The number of likely N-dealkylation sites (tertiary alicyclic amines) is 1. The molecule has 1 atom stereocenters. The Morgan fingerprint density at radius 1 is 1.30 bits per heavy atom. The summed E-state index contributed by atoms with van der Waals surface area (Å²) < 4.78 is 13.4. The fourth-order valence-corrected chi connectivity index (χ4v) is 4.08. The first kappa shape index (κ1) is 20.2. The molecule has 4 rings (SSSR count). The van der Waals surface area contributed by atoms with Gasteiger partial charge in [-0.3, -0.25) is 4.79 Å². The van der Waals surface area contributed by atoms with Crippen molar-refractivity contribution in [3.8, 4) is 5.75 Å². The summed E-state index contributed by atoms with van der Waals surface area (Å²) in [6.07, 6.45) is 8.79. The molecule has 0 N–H and O–H groups in total. The van der Waals surface area contributed by atoms with E-state index in [-0.39, 0.29) is 11.8 Å². The van der Waals surface area contributed by atoms with E-state index >= 15 is 0 Å². The summed E-state index contributed by atoms with van der Waals surface area (Å²) >= 11 is 0. The van der Waals surface area contributed by atoms with Gasteiger partial charge in [0, 0.05) is 43.9 Å². The number of ether oxygens (including phenoxy) is 1. The molecule has 7 heteroatoms. The minimum atomic E-state index is 0.119. The van der Waals surface area contributed by atoms with Crippen molar-refractivity contribution in [1.82, 2.24) is 19.4 Å². The molecule has 1 amide bonds. The number of hydrogen-bond donors (Lipinski definition) is 0. The second-order valence-electron chi connectivity index (χ2n) is 7.66. The number of benzene rings is 1. The number of amides is 1. The minimum absolute atomic E-state index is 0.119. The standard InChI is InChI=1S/C23H28N4O3/c1-3-21-24-10-12-26(21)16-22(28)27-11-6-8-18(15-27)23-25-14-19(30-23)13-17-7-4-5-9-20(17)29-2/h4-5,7,9-10,12,14,18H,3,6,8,11,13,15-16H2,1-2H3/t18-/m1/s1. The van der Waals surface area contributed by atoms with Crippen LogP contribution in [-0.2, 0) is 24.2 Å². The molecule has 1 aliphatic rings. The molecule has 1 aliphatic heterocycles. The van der Waals surface area contributed by atoms with Crippen LogP contribution in [0.15, 0.2) is 47.3 Å². The number of nitrogens with zero attached hydrogens (tertiary/aromatic N) is 4. The van der Waals surface area contributed by atoms with E-state index in [1.165, 1.54) is 0 Å². The summed E-state index contributed by atoms with van der Waals surface area (Å²) in [7, 11) is 1.67. The van der Waals surface area contributed by atoms with Crippen LogP contribution < -0.4 is 4.74 Å². The number of piperidine rings is 1. The van der Waals surface area contributed by atoms with Gasteiger partial charge in [0.05, 0.1) is 19.2 Å². The van der Waals surface area contributed by atoms with E-state index < -0.39 is 0 Å². The molecule has 1 saturated heterocycles. The molecule has 2 aromatic heterocycles. The largest absolute Gasteiger partial charge is 0.496 e. The van der Waals surface area contributed by atoms with Gasteiger partial charge in [0.15, 0.2) is 5.89 Å². The van der Waals surface area contributed by atoms with Gasteiger partial charge in [-0.1, -0.05) is 25.1 Å². The number of imidazole rings is 1. The Balaban J connectivity index is 1.40. The average Bonchev–Trinajstić information content (AvgIpc) is 3.43. The van der Waals surface area contributed by atoms with Crippen LogP contribution in [0.1, 0.15) is 48.7 Å². The smallest absolute Gasteiger partial charge is 0.242 e. The van der Waals surface area contributed by atoms with Gasteiger partial charge in [-0.05, 0) is 18.9 Å². The highest BCUT2D eigenvalue weighted by atomic mass is 16.5. The Kier molecular flexibility index (Phi) is 6.16. The molecule has 3 aromatic rings. The lowest BCUT2D eigenvalue weighted by Crippen LogP contribution is -2.41. The van der Waals surface area contributed by atoms with Gasteiger partial charge in [-0.15, -0.1) is 0 Å². The average molecular weight is 409 g/mol. The minimum Gasteiger partial charge on any atom is -0.496 e. The molecular formula is C23H28N4O3. The van der Waals surface area contributed by atoms with Crippen molar-refractivity contribution in [2.45, 2.75) is 45.1 Å². The van der Waals surface area contributed by atoms with Gasteiger partial charge in [0.2, 0.25) is 5.91 Å². The summed E-state index contributed by atoms with van der Waals surface area (Å²) in [5, 5.41) is 0. The van der Waals surface area contributed by atoms with Crippen molar-refractivity contribution in [2.24, 2.45) is 0 Å². The maximum absolute atomic E-state index is 12.8. The first-order chi connectivity index (χ1) is 14.7. The number of aromatic nitrogens is 3. The summed E-state index contributed by atoms with van der Waals surface area (Å²) in [6, 6.07) is 7.92. The summed E-state index contributed by atoms with van der Waals surface area (Å²) in [5.41, 5.74) is 1.07. The Labute approximate surface area is 176 Å². The predicted octanol–water partition coefficient (Wildman–Crippen LogP) is 3.44. The number of para-hydroxylation sites is 1. The van der Waals surface area contributed by atoms with E-state index in [1.807, 2.05) is 46.9 Å². The molecule has 158 valence electrons. The number of aryl methyl sites for hydroxylation is 1. The monoisotopic (exact) mass is 408 g/mol. The SMILES string of the molecule is CCc1nccn1CC(=O)N1CCC[C@@H](c2ncc(Cc3ccccc3OC)o2)C1. The highest BCUT2D eigenvalue weighted by Crippen LogP contribution is 2.28. The summed E-state index contributed by atoms with van der Waals surface area (Å²) in [6.45, 7) is 3.80. The first-order valence-corrected chi connectivity index (χ1v) is 10.5. The van der Waals surface area contributed by atoms with Crippen molar-refractivity contribution in [3.05, 3.63) is 65.9 Å². The van der Waals surface area contributed by atoms with Crippen LogP contribution in [-0.4, -0.2) is 45.5 Å². The molecule has 1 aromatic carbocycles. The molecule has 0 aliphatic carbocycles. The molecule has 0 spiro atoms. The molecule has 0 saturated carbocycles. The molecule has 7 nitrogen and oxygen atoms in total.